The molecule has 1 fully saturated rings. The highest BCUT2D eigenvalue weighted by atomic mass is 16.4. The minimum absolute atomic E-state index is 0.0150. The van der Waals surface area contributed by atoms with Gasteiger partial charge < -0.3 is 20.6 Å². The number of phenolic OH excluding ortho intramolecular Hbond substituents is 2. The van der Waals surface area contributed by atoms with Crippen LogP contribution >= 0.6 is 0 Å². The summed E-state index contributed by atoms with van der Waals surface area (Å²) in [4.78, 5) is 22.7. The summed E-state index contributed by atoms with van der Waals surface area (Å²) >= 11 is 0. The van der Waals surface area contributed by atoms with Gasteiger partial charge in [0.25, 0.3) is 5.91 Å². The third-order valence-electron chi connectivity index (χ3n) is 3.38. The molecule has 1 aliphatic carbocycles. The minimum Gasteiger partial charge on any atom is -0.504 e. The molecule has 0 heterocycles. The number of aliphatic carboxylic acids is 1. The quantitative estimate of drug-likeness (QED) is 0.612. The number of amides is 1. The number of hydrogen-bond acceptors (Lipinski definition) is 4. The molecule has 1 amide bonds. The van der Waals surface area contributed by atoms with Crippen molar-refractivity contribution in [2.24, 2.45) is 5.92 Å². The molecular weight excluding hydrogens is 250 g/mol. The van der Waals surface area contributed by atoms with E-state index < -0.39 is 23.5 Å². The predicted molar refractivity (Wildman–Crippen MR) is 66.0 cm³/mol. The van der Waals surface area contributed by atoms with Gasteiger partial charge in [-0.25, -0.2) is 0 Å². The fraction of sp³-hybridized carbons (Fsp3) is 0.385. The summed E-state index contributed by atoms with van der Waals surface area (Å²) in [6.07, 6.45) is 1.52. The van der Waals surface area contributed by atoms with Crippen LogP contribution in [-0.2, 0) is 4.79 Å². The fourth-order valence-corrected chi connectivity index (χ4v) is 2.31. The number of hydrogen-bond donors (Lipinski definition) is 4. The molecule has 2 unspecified atom stereocenters. The zero-order valence-corrected chi connectivity index (χ0v) is 10.2. The summed E-state index contributed by atoms with van der Waals surface area (Å²) in [5.74, 6) is -2.61. The maximum atomic E-state index is 11.9. The van der Waals surface area contributed by atoms with Gasteiger partial charge in [0.2, 0.25) is 0 Å². The topological polar surface area (TPSA) is 107 Å². The van der Waals surface area contributed by atoms with Gasteiger partial charge in [-0.2, -0.15) is 0 Å². The van der Waals surface area contributed by atoms with Crippen LogP contribution in [0.15, 0.2) is 18.2 Å². The standard InChI is InChI=1S/C13H15NO5/c15-10-3-1-2-9(11(10)16)12(17)14-8-5-4-7(6-8)13(18)19/h1-3,7-8,15-16H,4-6H2,(H,14,17)(H,18,19). The van der Waals surface area contributed by atoms with Gasteiger partial charge in [-0.3, -0.25) is 9.59 Å². The lowest BCUT2D eigenvalue weighted by Crippen LogP contribution is -2.33. The Hall–Kier alpha value is -2.24. The van der Waals surface area contributed by atoms with Gasteiger partial charge in [-0.05, 0) is 31.4 Å². The number of benzene rings is 1. The highest BCUT2D eigenvalue weighted by molar-refractivity contribution is 5.97. The summed E-state index contributed by atoms with van der Waals surface area (Å²) in [6.45, 7) is 0. The first-order valence-corrected chi connectivity index (χ1v) is 6.03. The van der Waals surface area contributed by atoms with Crippen molar-refractivity contribution in [1.82, 2.24) is 5.32 Å². The van der Waals surface area contributed by atoms with E-state index in [1.165, 1.54) is 18.2 Å². The van der Waals surface area contributed by atoms with E-state index in [4.69, 9.17) is 5.11 Å². The highest BCUT2D eigenvalue weighted by Gasteiger charge is 2.31. The molecule has 0 saturated heterocycles. The van der Waals surface area contributed by atoms with Crippen molar-refractivity contribution in [2.75, 3.05) is 0 Å². The Kier molecular flexibility index (Phi) is 3.59. The van der Waals surface area contributed by atoms with Gasteiger partial charge in [0, 0.05) is 6.04 Å². The molecular formula is C13H15NO5. The van der Waals surface area contributed by atoms with Crippen LogP contribution in [0.25, 0.3) is 0 Å². The first-order valence-electron chi connectivity index (χ1n) is 6.03. The first-order chi connectivity index (χ1) is 8.99. The molecule has 0 aliphatic heterocycles. The third-order valence-corrected chi connectivity index (χ3v) is 3.38. The van der Waals surface area contributed by atoms with Gasteiger partial charge in [0.05, 0.1) is 11.5 Å². The molecule has 4 N–H and O–H groups in total. The second kappa shape index (κ2) is 5.17. The average molecular weight is 265 g/mol. The molecule has 0 aromatic heterocycles. The van der Waals surface area contributed by atoms with Gasteiger partial charge in [0.15, 0.2) is 11.5 Å². The summed E-state index contributed by atoms with van der Waals surface area (Å²) in [5.41, 5.74) is -0.0150. The molecule has 6 heteroatoms. The van der Waals surface area contributed by atoms with Gasteiger partial charge >= 0.3 is 5.97 Å². The number of nitrogens with one attached hydrogen (secondary N) is 1. The molecule has 2 rings (SSSR count). The molecule has 0 bridgehead atoms. The Labute approximate surface area is 109 Å². The van der Waals surface area contributed by atoms with Crippen molar-refractivity contribution in [3.63, 3.8) is 0 Å². The highest BCUT2D eigenvalue weighted by Crippen LogP contribution is 2.29. The number of aromatic hydroxyl groups is 2. The summed E-state index contributed by atoms with van der Waals surface area (Å²) in [7, 11) is 0. The largest absolute Gasteiger partial charge is 0.504 e. The lowest BCUT2D eigenvalue weighted by Gasteiger charge is -2.13. The monoisotopic (exact) mass is 265 g/mol. The smallest absolute Gasteiger partial charge is 0.306 e. The van der Waals surface area contributed by atoms with Crippen LogP contribution < -0.4 is 5.32 Å². The Morgan fingerprint density at radius 2 is 1.95 bits per heavy atom. The van der Waals surface area contributed by atoms with E-state index in [2.05, 4.69) is 5.32 Å². The SMILES string of the molecule is O=C(NC1CCC(C(=O)O)C1)c1cccc(O)c1O. The second-order valence-electron chi connectivity index (χ2n) is 4.69. The van der Waals surface area contributed by atoms with E-state index in [9.17, 15) is 19.8 Å². The van der Waals surface area contributed by atoms with Crippen LogP contribution in [0.5, 0.6) is 11.5 Å². The number of carbonyl (C=O) groups is 2. The van der Waals surface area contributed by atoms with E-state index in [0.717, 1.165) is 0 Å². The Morgan fingerprint density at radius 3 is 2.58 bits per heavy atom. The van der Waals surface area contributed by atoms with Crippen LogP contribution in [0.4, 0.5) is 0 Å². The van der Waals surface area contributed by atoms with Crippen molar-refractivity contribution >= 4 is 11.9 Å². The summed E-state index contributed by atoms with van der Waals surface area (Å²) < 4.78 is 0. The third kappa shape index (κ3) is 2.78. The van der Waals surface area contributed by atoms with E-state index in [1.54, 1.807) is 0 Å². The van der Waals surface area contributed by atoms with Crippen molar-refractivity contribution in [2.45, 2.75) is 25.3 Å². The summed E-state index contributed by atoms with van der Waals surface area (Å²) in [5, 5.41) is 30.4. The molecule has 19 heavy (non-hydrogen) atoms. The molecule has 0 radical (unpaired) electrons. The minimum atomic E-state index is -0.850. The van der Waals surface area contributed by atoms with Gasteiger partial charge in [-0.15, -0.1) is 0 Å². The zero-order valence-electron chi connectivity index (χ0n) is 10.2. The predicted octanol–water partition coefficient (Wildman–Crippen LogP) is 1.08. The van der Waals surface area contributed by atoms with Crippen LogP contribution in [-0.4, -0.2) is 33.2 Å². The number of rotatable bonds is 3. The van der Waals surface area contributed by atoms with Crippen molar-refractivity contribution in [3.8, 4) is 11.5 Å². The second-order valence-corrected chi connectivity index (χ2v) is 4.69. The van der Waals surface area contributed by atoms with Crippen molar-refractivity contribution in [3.05, 3.63) is 23.8 Å². The summed E-state index contributed by atoms with van der Waals surface area (Å²) in [6, 6.07) is 3.92. The number of phenols is 2. The number of carboxylic acid groups (broad SMARTS) is 1. The first kappa shape index (κ1) is 13.2. The molecule has 2 atom stereocenters. The van der Waals surface area contributed by atoms with E-state index in [0.29, 0.717) is 19.3 Å². The van der Waals surface area contributed by atoms with Crippen molar-refractivity contribution < 1.29 is 24.9 Å². The zero-order chi connectivity index (χ0) is 14.0. The van der Waals surface area contributed by atoms with Crippen LogP contribution in [0.2, 0.25) is 0 Å². The lowest BCUT2D eigenvalue weighted by atomic mass is 10.1. The van der Waals surface area contributed by atoms with Gasteiger partial charge in [0.1, 0.15) is 0 Å². The van der Waals surface area contributed by atoms with E-state index in [-0.39, 0.29) is 17.4 Å². The molecule has 1 saturated carbocycles. The van der Waals surface area contributed by atoms with Crippen molar-refractivity contribution in [1.29, 1.82) is 0 Å². The molecule has 1 aliphatic rings. The molecule has 1 aromatic carbocycles. The molecule has 1 aromatic rings. The molecule has 6 nitrogen and oxygen atoms in total. The van der Waals surface area contributed by atoms with Crippen LogP contribution in [0, 0.1) is 5.92 Å². The number of carboxylic acids is 1. The Bertz CT molecular complexity index is 514. The Morgan fingerprint density at radius 1 is 1.21 bits per heavy atom. The maximum Gasteiger partial charge on any atom is 0.306 e. The molecule has 102 valence electrons. The number of carbonyl (C=O) groups excluding carboxylic acids is 1. The lowest BCUT2D eigenvalue weighted by molar-refractivity contribution is -0.141. The Balaban J connectivity index is 2.02. The van der Waals surface area contributed by atoms with Crippen LogP contribution in [0.3, 0.4) is 0 Å². The normalized spacial score (nSPS) is 22.1. The van der Waals surface area contributed by atoms with Crippen LogP contribution in [0.1, 0.15) is 29.6 Å². The number of para-hydroxylation sites is 1. The van der Waals surface area contributed by atoms with E-state index in [1.807, 2.05) is 0 Å². The van der Waals surface area contributed by atoms with E-state index >= 15 is 0 Å². The maximum absolute atomic E-state index is 11.9. The van der Waals surface area contributed by atoms with Gasteiger partial charge in [-0.1, -0.05) is 6.07 Å². The fourth-order valence-electron chi connectivity index (χ4n) is 2.31. The molecule has 0 spiro atoms. The average Bonchev–Trinajstić information content (AvgIpc) is 2.81.